The largest absolute Gasteiger partial charge is 0.479 e. The van der Waals surface area contributed by atoms with Crippen LogP contribution in [0.3, 0.4) is 0 Å². The van der Waals surface area contributed by atoms with Gasteiger partial charge in [0.25, 0.3) is 0 Å². The van der Waals surface area contributed by atoms with Crippen LogP contribution in [0.15, 0.2) is 12.2 Å². The number of hydrogen-bond donors (Lipinski definition) is 4. The van der Waals surface area contributed by atoms with E-state index in [9.17, 15) is 34.8 Å². The van der Waals surface area contributed by atoms with Crippen molar-refractivity contribution >= 4 is 17.9 Å². The Morgan fingerprint density at radius 1 is 0.462 bits per heavy atom. The van der Waals surface area contributed by atoms with E-state index >= 15 is 0 Å². The molecule has 0 aromatic heterocycles. The van der Waals surface area contributed by atoms with Gasteiger partial charge >= 0.3 is 17.9 Å². The van der Waals surface area contributed by atoms with Gasteiger partial charge in [0.15, 0.2) is 18.5 Å². The van der Waals surface area contributed by atoms with Gasteiger partial charge in [-0.3, -0.25) is 9.59 Å². The first-order valence-corrected chi connectivity index (χ1v) is 27.2. The van der Waals surface area contributed by atoms with Crippen molar-refractivity contribution < 1.29 is 53.8 Å². The molecule has 11 nitrogen and oxygen atoms in total. The number of carbonyl (C=O) groups is 3. The molecule has 1 aliphatic rings. The molecule has 0 bridgehead atoms. The number of ether oxygens (including phenoxy) is 4. The number of aliphatic hydroxyl groups is 3. The number of allylic oxidation sites excluding steroid dienone is 2. The second-order valence-electron chi connectivity index (χ2n) is 19.1. The molecule has 1 saturated heterocycles. The number of hydrogen-bond acceptors (Lipinski definition) is 10. The van der Waals surface area contributed by atoms with E-state index in [0.29, 0.717) is 12.8 Å². The van der Waals surface area contributed by atoms with Gasteiger partial charge in [0.2, 0.25) is 0 Å². The molecule has 0 saturated carbocycles. The molecule has 0 aromatic rings. The maximum absolute atomic E-state index is 12.9. The summed E-state index contributed by atoms with van der Waals surface area (Å²) in [5.41, 5.74) is 0. The van der Waals surface area contributed by atoms with Gasteiger partial charge in [-0.1, -0.05) is 225 Å². The molecule has 1 rings (SSSR count). The zero-order valence-corrected chi connectivity index (χ0v) is 41.8. The normalized spacial score (nSPS) is 19.2. The molecule has 1 aliphatic heterocycles. The highest BCUT2D eigenvalue weighted by Crippen LogP contribution is 2.23. The molecule has 11 heteroatoms. The summed E-state index contributed by atoms with van der Waals surface area (Å²) in [6.07, 6.45) is 41.2. The monoisotopic (exact) mass is 925 g/mol. The van der Waals surface area contributed by atoms with Gasteiger partial charge in [-0.2, -0.15) is 0 Å². The molecule has 0 radical (unpaired) electrons. The average Bonchev–Trinajstić information content (AvgIpc) is 3.29. The fourth-order valence-corrected chi connectivity index (χ4v) is 8.58. The summed E-state index contributed by atoms with van der Waals surface area (Å²) in [6.45, 7) is 3.86. The Labute approximate surface area is 397 Å². The van der Waals surface area contributed by atoms with Crippen LogP contribution in [0.1, 0.15) is 264 Å². The number of aliphatic carboxylic acids is 1. The fraction of sp³-hybridized carbons (Fsp3) is 0.907. The summed E-state index contributed by atoms with van der Waals surface area (Å²) in [5.74, 6) is -2.42. The van der Waals surface area contributed by atoms with Crippen LogP contribution in [0.4, 0.5) is 0 Å². The van der Waals surface area contributed by atoms with Crippen LogP contribution in [-0.4, -0.2) is 88.4 Å². The average molecular weight is 925 g/mol. The number of carboxylic acid groups (broad SMARTS) is 1. The number of esters is 2. The maximum Gasteiger partial charge on any atom is 0.335 e. The highest BCUT2D eigenvalue weighted by atomic mass is 16.7. The van der Waals surface area contributed by atoms with Crippen LogP contribution < -0.4 is 0 Å². The van der Waals surface area contributed by atoms with E-state index < -0.39 is 54.7 Å². The number of carbonyl (C=O) groups excluding carboxylic acids is 2. The second-order valence-corrected chi connectivity index (χ2v) is 19.1. The number of rotatable bonds is 47. The van der Waals surface area contributed by atoms with Gasteiger partial charge < -0.3 is 39.4 Å². The number of carboxylic acids is 1. The molecule has 0 aromatic carbocycles. The molecule has 0 spiro atoms. The third kappa shape index (κ3) is 35.7. The summed E-state index contributed by atoms with van der Waals surface area (Å²) < 4.78 is 21.9. The molecule has 0 aliphatic carbocycles. The van der Waals surface area contributed by atoms with Crippen molar-refractivity contribution in [3.8, 4) is 0 Å². The second kappa shape index (κ2) is 44.5. The minimum absolute atomic E-state index is 0.189. The van der Waals surface area contributed by atoms with Gasteiger partial charge in [-0.25, -0.2) is 4.79 Å². The van der Waals surface area contributed by atoms with Crippen LogP contribution >= 0.6 is 0 Å². The van der Waals surface area contributed by atoms with Crippen molar-refractivity contribution in [3.63, 3.8) is 0 Å². The summed E-state index contributed by atoms with van der Waals surface area (Å²) in [7, 11) is 0. The van der Waals surface area contributed by atoms with Gasteiger partial charge in [0, 0.05) is 12.8 Å². The molecule has 382 valence electrons. The van der Waals surface area contributed by atoms with Crippen LogP contribution in [0, 0.1) is 0 Å². The molecule has 6 atom stereocenters. The third-order valence-electron chi connectivity index (χ3n) is 12.9. The van der Waals surface area contributed by atoms with E-state index in [2.05, 4.69) is 26.0 Å². The predicted molar refractivity (Wildman–Crippen MR) is 262 cm³/mol. The molecular formula is C54H100O11. The van der Waals surface area contributed by atoms with Crippen molar-refractivity contribution in [1.82, 2.24) is 0 Å². The SMILES string of the molecule is CCCCCCCC/C=C\CCCCCCCCCCCC(=O)OCC(COC1OC(C(=O)O)C(O)C(O)C1O)OC(=O)CCCCCCCCCCCCCCCCCCCCCC. The number of unbranched alkanes of at least 4 members (excludes halogenated alkanes) is 34. The number of aliphatic hydroxyl groups excluding tert-OH is 3. The van der Waals surface area contributed by atoms with Crippen LogP contribution in [0.5, 0.6) is 0 Å². The third-order valence-corrected chi connectivity index (χ3v) is 12.9. The van der Waals surface area contributed by atoms with Crippen LogP contribution in [0.2, 0.25) is 0 Å². The van der Waals surface area contributed by atoms with E-state index in [-0.39, 0.29) is 26.1 Å². The van der Waals surface area contributed by atoms with E-state index in [1.807, 2.05) is 0 Å². The Kier molecular flexibility index (Phi) is 41.7. The van der Waals surface area contributed by atoms with Crippen molar-refractivity contribution in [2.75, 3.05) is 13.2 Å². The molecule has 65 heavy (non-hydrogen) atoms. The van der Waals surface area contributed by atoms with Crippen molar-refractivity contribution in [1.29, 1.82) is 0 Å². The lowest BCUT2D eigenvalue weighted by molar-refractivity contribution is -0.298. The highest BCUT2D eigenvalue weighted by molar-refractivity contribution is 5.73. The summed E-state index contributed by atoms with van der Waals surface area (Å²) in [6, 6.07) is 0. The first-order chi connectivity index (χ1) is 31.7. The minimum Gasteiger partial charge on any atom is -0.479 e. The molecule has 1 heterocycles. The van der Waals surface area contributed by atoms with E-state index in [1.165, 1.54) is 186 Å². The maximum atomic E-state index is 12.9. The fourth-order valence-electron chi connectivity index (χ4n) is 8.58. The first kappa shape index (κ1) is 61.0. The van der Waals surface area contributed by atoms with Crippen molar-refractivity contribution in [2.45, 2.75) is 301 Å². The van der Waals surface area contributed by atoms with Crippen LogP contribution in [-0.2, 0) is 33.3 Å². The van der Waals surface area contributed by atoms with Gasteiger partial charge in [0.1, 0.15) is 24.9 Å². The zero-order valence-electron chi connectivity index (χ0n) is 41.8. The van der Waals surface area contributed by atoms with E-state index in [0.717, 1.165) is 38.5 Å². The Balaban J connectivity index is 2.26. The first-order valence-electron chi connectivity index (χ1n) is 27.2. The lowest BCUT2D eigenvalue weighted by Crippen LogP contribution is -2.60. The quantitative estimate of drug-likeness (QED) is 0.0260. The van der Waals surface area contributed by atoms with Crippen molar-refractivity contribution in [2.24, 2.45) is 0 Å². The van der Waals surface area contributed by atoms with E-state index in [1.54, 1.807) is 0 Å². The smallest absolute Gasteiger partial charge is 0.335 e. The molecular weight excluding hydrogens is 825 g/mol. The lowest BCUT2D eigenvalue weighted by Gasteiger charge is -2.38. The highest BCUT2D eigenvalue weighted by Gasteiger charge is 2.47. The standard InChI is InChI=1S/C54H100O11/c1-3-5-7-9-11-13-15-17-19-21-23-25-27-29-31-33-35-37-39-41-43-48(56)64-46(45-63-54-51(59)49(57)50(58)52(65-54)53(60)61)44-62-47(55)42-40-38-36-34-32-30-28-26-24-22-20-18-16-14-12-10-8-6-4-2/h18,20,46,49-52,54,57-59H,3-17,19,21-45H2,1-2H3,(H,60,61)/b20-18-. The summed E-state index contributed by atoms with van der Waals surface area (Å²) >= 11 is 0. The topological polar surface area (TPSA) is 169 Å². The Morgan fingerprint density at radius 3 is 1.20 bits per heavy atom. The molecule has 4 N–H and O–H groups in total. The summed E-state index contributed by atoms with van der Waals surface area (Å²) in [4.78, 5) is 37.0. The molecule has 6 unspecified atom stereocenters. The zero-order chi connectivity index (χ0) is 47.4. The molecule has 1 fully saturated rings. The van der Waals surface area contributed by atoms with Crippen molar-refractivity contribution in [3.05, 3.63) is 12.2 Å². The van der Waals surface area contributed by atoms with Gasteiger partial charge in [-0.15, -0.1) is 0 Å². The predicted octanol–water partition coefficient (Wildman–Crippen LogP) is 13.2. The Morgan fingerprint density at radius 2 is 0.815 bits per heavy atom. The van der Waals surface area contributed by atoms with Crippen LogP contribution in [0.25, 0.3) is 0 Å². The minimum atomic E-state index is -1.86. The molecule has 0 amide bonds. The Bertz CT molecular complexity index is 1130. The Hall–Kier alpha value is -2.05. The lowest BCUT2D eigenvalue weighted by atomic mass is 9.99. The van der Waals surface area contributed by atoms with Gasteiger partial charge in [0.05, 0.1) is 6.61 Å². The summed E-state index contributed by atoms with van der Waals surface area (Å²) in [5, 5.41) is 40.0. The van der Waals surface area contributed by atoms with E-state index in [4.69, 9.17) is 18.9 Å². The van der Waals surface area contributed by atoms with Gasteiger partial charge in [-0.05, 0) is 38.5 Å².